The van der Waals surface area contributed by atoms with E-state index in [1.54, 1.807) is 6.20 Å². The van der Waals surface area contributed by atoms with Crippen molar-refractivity contribution in [2.45, 2.75) is 26.9 Å². The minimum atomic E-state index is 0.692. The summed E-state index contributed by atoms with van der Waals surface area (Å²) in [6.07, 6.45) is 1.79. The molecule has 1 aromatic heterocycles. The van der Waals surface area contributed by atoms with E-state index in [1.807, 2.05) is 32.0 Å². The number of aromatic nitrogens is 2. The number of hydrogen-bond donors (Lipinski definition) is 1. The first-order chi connectivity index (χ1) is 9.28. The average Bonchev–Trinajstić information content (AvgIpc) is 2.40. The van der Waals surface area contributed by atoms with Gasteiger partial charge in [0, 0.05) is 19.3 Å². The Hall–Kier alpha value is -1.94. The van der Waals surface area contributed by atoms with Crippen LogP contribution in [0.25, 0.3) is 0 Å². The van der Waals surface area contributed by atoms with Gasteiger partial charge >= 0.3 is 0 Å². The SMILES string of the molecule is CCOc1cccc(CNCc2ccnc(C)n2)c1. The Morgan fingerprint density at radius 1 is 1.21 bits per heavy atom. The molecule has 0 saturated heterocycles. The largest absolute Gasteiger partial charge is 0.494 e. The first-order valence-electron chi connectivity index (χ1n) is 6.49. The van der Waals surface area contributed by atoms with Gasteiger partial charge < -0.3 is 10.1 Å². The molecule has 4 nitrogen and oxygen atoms in total. The van der Waals surface area contributed by atoms with Crippen molar-refractivity contribution in [2.24, 2.45) is 0 Å². The number of nitrogens with one attached hydrogen (secondary N) is 1. The summed E-state index contributed by atoms with van der Waals surface area (Å²) in [5, 5.41) is 3.37. The van der Waals surface area contributed by atoms with Crippen LogP contribution in [0.1, 0.15) is 24.0 Å². The number of benzene rings is 1. The number of nitrogens with zero attached hydrogens (tertiary/aromatic N) is 2. The fraction of sp³-hybridized carbons (Fsp3) is 0.333. The van der Waals surface area contributed by atoms with Crippen LogP contribution in [-0.2, 0) is 13.1 Å². The summed E-state index contributed by atoms with van der Waals surface area (Å²) in [5.74, 6) is 1.72. The van der Waals surface area contributed by atoms with Gasteiger partial charge in [-0.1, -0.05) is 12.1 Å². The lowest BCUT2D eigenvalue weighted by Crippen LogP contribution is -2.14. The van der Waals surface area contributed by atoms with Crippen molar-refractivity contribution >= 4 is 0 Å². The third-order valence-corrected chi connectivity index (χ3v) is 2.68. The highest BCUT2D eigenvalue weighted by molar-refractivity contribution is 5.28. The normalized spacial score (nSPS) is 10.4. The standard InChI is InChI=1S/C15H19N3O/c1-3-19-15-6-4-5-13(9-15)10-16-11-14-7-8-17-12(2)18-14/h4-9,16H,3,10-11H2,1-2H3. The highest BCUT2D eigenvalue weighted by Gasteiger charge is 1.98. The zero-order valence-electron chi connectivity index (χ0n) is 11.4. The molecule has 4 heteroatoms. The molecule has 19 heavy (non-hydrogen) atoms. The van der Waals surface area contributed by atoms with Crippen molar-refractivity contribution in [1.82, 2.24) is 15.3 Å². The molecular formula is C15H19N3O. The van der Waals surface area contributed by atoms with Crippen molar-refractivity contribution in [2.75, 3.05) is 6.61 Å². The topological polar surface area (TPSA) is 47.0 Å². The van der Waals surface area contributed by atoms with Gasteiger partial charge in [-0.2, -0.15) is 0 Å². The summed E-state index contributed by atoms with van der Waals surface area (Å²) < 4.78 is 5.48. The van der Waals surface area contributed by atoms with E-state index >= 15 is 0 Å². The monoisotopic (exact) mass is 257 g/mol. The Morgan fingerprint density at radius 2 is 2.11 bits per heavy atom. The van der Waals surface area contributed by atoms with E-state index in [9.17, 15) is 0 Å². The number of aryl methyl sites for hydroxylation is 1. The molecule has 0 saturated carbocycles. The van der Waals surface area contributed by atoms with Crippen molar-refractivity contribution in [3.05, 3.63) is 53.6 Å². The molecule has 2 rings (SSSR count). The maximum atomic E-state index is 5.48. The minimum absolute atomic E-state index is 0.692. The lowest BCUT2D eigenvalue weighted by Gasteiger charge is -2.07. The second-order valence-electron chi connectivity index (χ2n) is 4.28. The van der Waals surface area contributed by atoms with Crippen LogP contribution in [0.3, 0.4) is 0 Å². The van der Waals surface area contributed by atoms with Gasteiger partial charge in [0.05, 0.1) is 12.3 Å². The average molecular weight is 257 g/mol. The highest BCUT2D eigenvalue weighted by atomic mass is 16.5. The van der Waals surface area contributed by atoms with Gasteiger partial charge in [0.1, 0.15) is 11.6 Å². The first-order valence-corrected chi connectivity index (χ1v) is 6.49. The molecule has 0 aliphatic heterocycles. The molecular weight excluding hydrogens is 238 g/mol. The summed E-state index contributed by atoms with van der Waals surface area (Å²) in [4.78, 5) is 8.44. The van der Waals surface area contributed by atoms with Gasteiger partial charge in [0.25, 0.3) is 0 Å². The molecule has 1 heterocycles. The Kier molecular flexibility index (Phi) is 4.86. The lowest BCUT2D eigenvalue weighted by molar-refractivity contribution is 0.340. The van der Waals surface area contributed by atoms with E-state index in [2.05, 4.69) is 27.4 Å². The summed E-state index contributed by atoms with van der Waals surface area (Å²) in [6.45, 7) is 6.11. The molecule has 0 amide bonds. The second kappa shape index (κ2) is 6.85. The predicted molar refractivity (Wildman–Crippen MR) is 74.9 cm³/mol. The molecule has 100 valence electrons. The van der Waals surface area contributed by atoms with Crippen LogP contribution in [0.4, 0.5) is 0 Å². The summed E-state index contributed by atoms with van der Waals surface area (Å²) in [5.41, 5.74) is 2.21. The van der Waals surface area contributed by atoms with E-state index in [0.29, 0.717) is 6.61 Å². The van der Waals surface area contributed by atoms with Crippen LogP contribution in [0.15, 0.2) is 36.5 Å². The number of ether oxygens (including phenoxy) is 1. The van der Waals surface area contributed by atoms with Crippen molar-refractivity contribution in [3.8, 4) is 5.75 Å². The molecule has 0 fully saturated rings. The van der Waals surface area contributed by atoms with E-state index in [1.165, 1.54) is 5.56 Å². The Bertz CT molecular complexity index is 528. The maximum absolute atomic E-state index is 5.48. The number of rotatable bonds is 6. The summed E-state index contributed by atoms with van der Waals surface area (Å²) in [6, 6.07) is 10.1. The van der Waals surface area contributed by atoms with Gasteiger partial charge in [-0.3, -0.25) is 0 Å². The van der Waals surface area contributed by atoms with Crippen molar-refractivity contribution < 1.29 is 4.74 Å². The molecule has 1 aromatic carbocycles. The molecule has 0 bridgehead atoms. The van der Waals surface area contributed by atoms with Crippen molar-refractivity contribution in [1.29, 1.82) is 0 Å². The van der Waals surface area contributed by atoms with Gasteiger partial charge in [0.15, 0.2) is 0 Å². The van der Waals surface area contributed by atoms with Crippen LogP contribution >= 0.6 is 0 Å². The summed E-state index contributed by atoms with van der Waals surface area (Å²) in [7, 11) is 0. The van der Waals surface area contributed by atoms with Crippen LogP contribution in [0.5, 0.6) is 5.75 Å². The number of hydrogen-bond acceptors (Lipinski definition) is 4. The first kappa shape index (κ1) is 13.5. The lowest BCUT2D eigenvalue weighted by atomic mass is 10.2. The Balaban J connectivity index is 1.87. The van der Waals surface area contributed by atoms with E-state index in [4.69, 9.17) is 4.74 Å². The predicted octanol–water partition coefficient (Wildman–Crippen LogP) is 2.47. The molecule has 1 N–H and O–H groups in total. The van der Waals surface area contributed by atoms with Crippen LogP contribution in [0, 0.1) is 6.92 Å². The molecule has 0 radical (unpaired) electrons. The summed E-state index contributed by atoms with van der Waals surface area (Å²) >= 11 is 0. The molecule has 0 aliphatic rings. The molecule has 2 aromatic rings. The molecule has 0 aliphatic carbocycles. The third-order valence-electron chi connectivity index (χ3n) is 2.68. The van der Waals surface area contributed by atoms with Gasteiger partial charge in [0.2, 0.25) is 0 Å². The fourth-order valence-electron chi connectivity index (χ4n) is 1.85. The smallest absolute Gasteiger partial charge is 0.125 e. The minimum Gasteiger partial charge on any atom is -0.494 e. The molecule has 0 unspecified atom stereocenters. The van der Waals surface area contributed by atoms with Crippen LogP contribution in [-0.4, -0.2) is 16.6 Å². The van der Waals surface area contributed by atoms with Crippen LogP contribution in [0.2, 0.25) is 0 Å². The van der Waals surface area contributed by atoms with E-state index in [-0.39, 0.29) is 0 Å². The fourth-order valence-corrected chi connectivity index (χ4v) is 1.85. The van der Waals surface area contributed by atoms with Gasteiger partial charge in [-0.15, -0.1) is 0 Å². The zero-order valence-corrected chi connectivity index (χ0v) is 11.4. The third kappa shape index (κ3) is 4.34. The van der Waals surface area contributed by atoms with Gasteiger partial charge in [-0.05, 0) is 37.6 Å². The molecule has 0 atom stereocenters. The van der Waals surface area contributed by atoms with Gasteiger partial charge in [-0.25, -0.2) is 9.97 Å². The van der Waals surface area contributed by atoms with Crippen LogP contribution < -0.4 is 10.1 Å². The van der Waals surface area contributed by atoms with E-state index in [0.717, 1.165) is 30.4 Å². The Labute approximate surface area is 113 Å². The van der Waals surface area contributed by atoms with Crippen molar-refractivity contribution in [3.63, 3.8) is 0 Å². The van der Waals surface area contributed by atoms with E-state index < -0.39 is 0 Å². The maximum Gasteiger partial charge on any atom is 0.125 e. The highest BCUT2D eigenvalue weighted by Crippen LogP contribution is 2.13. The molecule has 0 spiro atoms. The Morgan fingerprint density at radius 3 is 2.89 bits per heavy atom. The second-order valence-corrected chi connectivity index (χ2v) is 4.28. The zero-order chi connectivity index (χ0) is 13.5. The quantitative estimate of drug-likeness (QED) is 0.863.